The maximum absolute atomic E-state index is 14.0. The molecule has 0 unspecified atom stereocenters. The number of hydrogen-bond acceptors (Lipinski definition) is 7. The number of para-hydroxylation sites is 1. The Hall–Kier alpha value is -3.86. The van der Waals surface area contributed by atoms with E-state index in [1.807, 2.05) is 25.1 Å². The molecule has 2 aliphatic heterocycles. The van der Waals surface area contributed by atoms with Gasteiger partial charge in [-0.3, -0.25) is 14.6 Å². The van der Waals surface area contributed by atoms with Crippen LogP contribution in [0.4, 0.5) is 4.79 Å². The standard InChI is InChI=1S/C34H41ClN4O7/c1-20-15-28(25-13-8-14-26(35)30(25)36-20)45-24-17-27-31(41)38-34(32(42)43)18-21(34)9-4-2-3-5-10-22(16-29(40)39(27)19-24)37-33(44)46-23-11-6-7-12-23/h4,8-9,13-15,21-24,27H,2-3,5-7,10-12,16-19H2,1H3,(H,37,44)(H,38,41)(H,42,43)/b9-4-/t21-,22-,24+,27-,34+/m0/s1. The highest BCUT2D eigenvalue weighted by Crippen LogP contribution is 2.45. The number of nitrogens with zero attached hydrogens (tertiary/aromatic N) is 2. The van der Waals surface area contributed by atoms with Crippen LogP contribution in [0.25, 0.3) is 10.9 Å². The summed E-state index contributed by atoms with van der Waals surface area (Å²) < 4.78 is 12.1. The SMILES string of the molecule is Cc1cc(O[C@@H]2C[C@H]3C(=O)N[C@]4(C(=O)O)C[C@@H]4/C=C\CCCC[C@H](NC(=O)OC4CCCC4)CC(=O)N3C2)c2cccc(Cl)c2n1. The number of fused-ring (bicyclic) bond motifs is 3. The number of carbonyl (C=O) groups is 4. The summed E-state index contributed by atoms with van der Waals surface area (Å²) in [6.07, 6.45) is 9.67. The molecule has 5 atom stereocenters. The van der Waals surface area contributed by atoms with Gasteiger partial charge in [-0.2, -0.15) is 0 Å². The molecular weight excluding hydrogens is 612 g/mol. The van der Waals surface area contributed by atoms with Crippen molar-refractivity contribution in [2.75, 3.05) is 6.54 Å². The van der Waals surface area contributed by atoms with Gasteiger partial charge in [0.1, 0.15) is 29.5 Å². The first-order valence-electron chi connectivity index (χ1n) is 16.3. The van der Waals surface area contributed by atoms with Gasteiger partial charge in [0.2, 0.25) is 11.8 Å². The third-order valence-electron chi connectivity index (χ3n) is 9.66. The van der Waals surface area contributed by atoms with E-state index in [0.29, 0.717) is 40.2 Å². The molecule has 6 rings (SSSR count). The summed E-state index contributed by atoms with van der Waals surface area (Å²) in [5.41, 5.74) is -0.104. The first kappa shape index (κ1) is 32.1. The van der Waals surface area contributed by atoms with Gasteiger partial charge in [0.05, 0.1) is 17.1 Å². The lowest BCUT2D eigenvalue weighted by molar-refractivity contribution is -0.145. The summed E-state index contributed by atoms with van der Waals surface area (Å²) in [5, 5.41) is 17.0. The van der Waals surface area contributed by atoms with Crippen LogP contribution in [-0.2, 0) is 19.1 Å². The molecule has 3 fully saturated rings. The molecule has 12 heteroatoms. The summed E-state index contributed by atoms with van der Waals surface area (Å²) in [4.78, 5) is 59.0. The van der Waals surface area contributed by atoms with Gasteiger partial charge in [0.15, 0.2) is 0 Å². The van der Waals surface area contributed by atoms with Crippen LogP contribution in [0, 0.1) is 12.8 Å². The zero-order valence-electron chi connectivity index (χ0n) is 26.0. The van der Waals surface area contributed by atoms with Gasteiger partial charge in [0, 0.05) is 41.9 Å². The van der Waals surface area contributed by atoms with E-state index in [1.54, 1.807) is 18.2 Å². The quantitative estimate of drug-likeness (QED) is 0.380. The number of nitrogens with one attached hydrogen (secondary N) is 2. The first-order chi connectivity index (χ1) is 22.1. The highest BCUT2D eigenvalue weighted by molar-refractivity contribution is 6.35. The molecule has 46 heavy (non-hydrogen) atoms. The molecule has 1 aromatic carbocycles. The third kappa shape index (κ3) is 6.94. The minimum Gasteiger partial charge on any atom is -0.488 e. The molecule has 246 valence electrons. The van der Waals surface area contributed by atoms with Gasteiger partial charge in [0.25, 0.3) is 0 Å². The molecule has 2 saturated carbocycles. The minimum atomic E-state index is -1.40. The normalized spacial score (nSPS) is 29.6. The van der Waals surface area contributed by atoms with Crippen molar-refractivity contribution in [1.82, 2.24) is 20.5 Å². The van der Waals surface area contributed by atoms with Gasteiger partial charge in [-0.1, -0.05) is 36.2 Å². The Kier molecular flexibility index (Phi) is 9.40. The second kappa shape index (κ2) is 13.5. The largest absolute Gasteiger partial charge is 0.488 e. The predicted octanol–water partition coefficient (Wildman–Crippen LogP) is 5.06. The Labute approximate surface area is 273 Å². The molecule has 1 aromatic heterocycles. The Balaban J connectivity index is 1.25. The minimum absolute atomic E-state index is 0.0221. The molecule has 0 radical (unpaired) electrons. The van der Waals surface area contributed by atoms with Gasteiger partial charge in [-0.05, 0) is 70.4 Å². The second-order valence-electron chi connectivity index (χ2n) is 13.1. The summed E-state index contributed by atoms with van der Waals surface area (Å²) in [6, 6.07) is 5.78. The third-order valence-corrected chi connectivity index (χ3v) is 9.97. The number of ether oxygens (including phenoxy) is 2. The monoisotopic (exact) mass is 652 g/mol. The highest BCUT2D eigenvalue weighted by Gasteiger charge is 2.61. The van der Waals surface area contributed by atoms with E-state index in [-0.39, 0.29) is 37.3 Å². The van der Waals surface area contributed by atoms with Crippen LogP contribution in [0.5, 0.6) is 5.75 Å². The van der Waals surface area contributed by atoms with Crippen molar-refractivity contribution in [3.05, 3.63) is 47.1 Å². The predicted molar refractivity (Wildman–Crippen MR) is 171 cm³/mol. The molecule has 2 aliphatic carbocycles. The average molecular weight is 653 g/mol. The van der Waals surface area contributed by atoms with Gasteiger partial charge < -0.3 is 30.1 Å². The fourth-order valence-corrected chi connectivity index (χ4v) is 7.30. The molecule has 11 nitrogen and oxygen atoms in total. The molecule has 3 N–H and O–H groups in total. The maximum Gasteiger partial charge on any atom is 0.407 e. The lowest BCUT2D eigenvalue weighted by atomic mass is 10.0. The number of carbonyl (C=O) groups excluding carboxylic acids is 3. The molecule has 3 amide bonds. The van der Waals surface area contributed by atoms with Gasteiger partial charge >= 0.3 is 12.1 Å². The Morgan fingerprint density at radius 1 is 1.13 bits per heavy atom. The van der Waals surface area contributed by atoms with Crippen molar-refractivity contribution in [3.8, 4) is 5.75 Å². The van der Waals surface area contributed by atoms with E-state index in [4.69, 9.17) is 21.1 Å². The molecular formula is C34H41ClN4O7. The Bertz CT molecular complexity index is 1540. The van der Waals surface area contributed by atoms with Crippen molar-refractivity contribution in [1.29, 1.82) is 0 Å². The average Bonchev–Trinajstić information content (AvgIpc) is 3.30. The zero-order chi connectivity index (χ0) is 32.4. The maximum atomic E-state index is 14.0. The van der Waals surface area contributed by atoms with Crippen LogP contribution >= 0.6 is 11.6 Å². The van der Waals surface area contributed by atoms with Crippen LogP contribution in [-0.4, -0.2) is 75.2 Å². The van der Waals surface area contributed by atoms with E-state index in [2.05, 4.69) is 15.6 Å². The fraction of sp³-hybridized carbons (Fsp3) is 0.559. The molecule has 0 spiro atoms. The molecule has 3 heterocycles. The number of alkyl carbamates (subject to hydrolysis) is 1. The van der Waals surface area contributed by atoms with Crippen LogP contribution < -0.4 is 15.4 Å². The summed E-state index contributed by atoms with van der Waals surface area (Å²) in [5.74, 6) is -1.73. The van der Waals surface area contributed by atoms with Crippen molar-refractivity contribution in [2.45, 2.75) is 107 Å². The molecule has 2 aromatic rings. The van der Waals surface area contributed by atoms with Crippen LogP contribution in [0.1, 0.15) is 76.3 Å². The fourth-order valence-electron chi connectivity index (χ4n) is 7.08. The van der Waals surface area contributed by atoms with Crippen LogP contribution in [0.2, 0.25) is 5.02 Å². The zero-order valence-corrected chi connectivity index (χ0v) is 26.8. The summed E-state index contributed by atoms with van der Waals surface area (Å²) >= 11 is 6.42. The van der Waals surface area contributed by atoms with Crippen molar-refractivity contribution < 1.29 is 33.8 Å². The summed E-state index contributed by atoms with van der Waals surface area (Å²) in [7, 11) is 0. The topological polar surface area (TPSA) is 147 Å². The van der Waals surface area contributed by atoms with Crippen LogP contribution in [0.15, 0.2) is 36.4 Å². The summed E-state index contributed by atoms with van der Waals surface area (Å²) in [6.45, 7) is 1.95. The van der Waals surface area contributed by atoms with E-state index >= 15 is 0 Å². The molecule has 4 aliphatic rings. The number of carboxylic acids is 1. The Morgan fingerprint density at radius 3 is 2.70 bits per heavy atom. The van der Waals surface area contributed by atoms with E-state index in [1.165, 1.54) is 4.90 Å². The molecule has 1 saturated heterocycles. The number of amides is 3. The number of rotatable bonds is 5. The van der Waals surface area contributed by atoms with Crippen LogP contribution in [0.3, 0.4) is 0 Å². The first-order valence-corrected chi connectivity index (χ1v) is 16.7. The number of aromatic nitrogens is 1. The number of benzene rings is 1. The van der Waals surface area contributed by atoms with E-state index in [9.17, 15) is 24.3 Å². The number of allylic oxidation sites excluding steroid dienone is 1. The number of halogens is 1. The lowest BCUT2D eigenvalue weighted by Gasteiger charge is -2.27. The van der Waals surface area contributed by atoms with Crippen molar-refractivity contribution >= 4 is 46.4 Å². The van der Waals surface area contributed by atoms with Crippen molar-refractivity contribution in [2.24, 2.45) is 5.92 Å². The van der Waals surface area contributed by atoms with E-state index < -0.39 is 41.7 Å². The lowest BCUT2D eigenvalue weighted by Crippen LogP contribution is -2.53. The van der Waals surface area contributed by atoms with Gasteiger partial charge in [-0.25, -0.2) is 9.59 Å². The number of hydrogen-bond donors (Lipinski definition) is 3. The highest BCUT2D eigenvalue weighted by atomic mass is 35.5. The van der Waals surface area contributed by atoms with Crippen molar-refractivity contribution in [3.63, 3.8) is 0 Å². The second-order valence-corrected chi connectivity index (χ2v) is 13.5. The molecule has 0 bridgehead atoms. The Morgan fingerprint density at radius 2 is 1.91 bits per heavy atom. The number of pyridine rings is 1. The van der Waals surface area contributed by atoms with E-state index in [0.717, 1.165) is 44.9 Å². The smallest absolute Gasteiger partial charge is 0.407 e. The number of aryl methyl sites for hydroxylation is 1. The number of carboxylic acid groups (broad SMARTS) is 1. The van der Waals surface area contributed by atoms with Gasteiger partial charge in [-0.15, -0.1) is 0 Å². The number of aliphatic carboxylic acids is 1.